The van der Waals surface area contributed by atoms with Crippen LogP contribution in [0.15, 0.2) is 59.8 Å². The molecule has 0 aliphatic carbocycles. The molecule has 0 fully saturated rings. The summed E-state index contributed by atoms with van der Waals surface area (Å²) in [4.78, 5) is 5.47. The monoisotopic (exact) mass is 334 g/mol. The van der Waals surface area contributed by atoms with Crippen molar-refractivity contribution >= 4 is 11.8 Å². The van der Waals surface area contributed by atoms with E-state index in [1.807, 2.05) is 0 Å². The molecular weight excluding hydrogens is 307 g/mol. The van der Waals surface area contributed by atoms with Crippen molar-refractivity contribution in [3.63, 3.8) is 0 Å². The first-order valence-electron chi connectivity index (χ1n) is 10.2. The second-order valence-corrected chi connectivity index (χ2v) is 4.87. The van der Waals surface area contributed by atoms with E-state index >= 15 is 0 Å². The number of allylic oxidation sites excluding steroid dienone is 1. The molecule has 2 aromatic carbocycles. The van der Waals surface area contributed by atoms with Crippen molar-refractivity contribution in [1.82, 2.24) is 4.90 Å². The van der Waals surface area contributed by atoms with Crippen LogP contribution in [-0.2, 0) is 4.84 Å². The van der Waals surface area contributed by atoms with Gasteiger partial charge in [0.15, 0.2) is 0 Å². The maximum Gasteiger partial charge on any atom is 0.132 e. The van der Waals surface area contributed by atoms with Gasteiger partial charge in [-0.1, -0.05) is 35.5 Å². The molecule has 126 valence electrons. The van der Waals surface area contributed by atoms with E-state index in [1.165, 1.54) is 36.4 Å². The van der Waals surface area contributed by atoms with E-state index in [9.17, 15) is 9.50 Å². The number of likely N-dealkylation sites (N-methyl/N-ethyl adjacent to an activating group) is 1. The number of hydrogen-bond donors (Lipinski definition) is 1. The molecule has 0 aromatic heterocycles. The Morgan fingerprint density at radius 3 is 2.71 bits per heavy atom. The Bertz CT molecular complexity index is 881. The van der Waals surface area contributed by atoms with E-state index in [2.05, 4.69) is 5.16 Å². The number of rotatable bonds is 7. The highest BCUT2D eigenvalue weighted by Gasteiger charge is 2.07. The summed E-state index contributed by atoms with van der Waals surface area (Å²) in [5, 5.41) is 13.2. The van der Waals surface area contributed by atoms with Gasteiger partial charge in [0.25, 0.3) is 0 Å². The molecule has 4 nitrogen and oxygen atoms in total. The first-order chi connectivity index (χ1) is 14.0. The number of nitrogens with zero attached hydrogens (tertiary/aromatic N) is 2. The number of phenolic OH excluding ortho intramolecular Hbond substituents is 1. The molecule has 5 heteroatoms. The lowest BCUT2D eigenvalue weighted by atomic mass is 10.1. The van der Waals surface area contributed by atoms with Crippen molar-refractivity contribution in [2.45, 2.75) is 0 Å². The Morgan fingerprint density at radius 1 is 1.25 bits per heavy atom. The van der Waals surface area contributed by atoms with Crippen molar-refractivity contribution in [3.05, 3.63) is 71.6 Å². The molecule has 24 heavy (non-hydrogen) atoms. The lowest BCUT2D eigenvalue weighted by Crippen LogP contribution is -2.17. The van der Waals surface area contributed by atoms with Gasteiger partial charge in [-0.2, -0.15) is 0 Å². The highest BCUT2D eigenvalue weighted by molar-refractivity contribution is 6.10. The third-order valence-electron chi connectivity index (χ3n) is 3.05. The Labute approximate surface area is 149 Å². The average Bonchev–Trinajstić information content (AvgIpc) is 2.64. The molecule has 0 amide bonds. The SMILES string of the molecule is [2H]C([2H])([2H])N(CCO/N=C(\C=C\c1ccc(O)cc1)c1ccccc1F)C([2H])([2H])[2H]. The predicted octanol–water partition coefficient (Wildman–Crippen LogP) is 3.53. The summed E-state index contributed by atoms with van der Waals surface area (Å²) < 4.78 is 58.2. The smallest absolute Gasteiger partial charge is 0.132 e. The number of oxime groups is 1. The fraction of sp³-hybridized carbons (Fsp3) is 0.211. The molecule has 2 aromatic rings. The fourth-order valence-corrected chi connectivity index (χ4v) is 1.85. The Kier molecular flexibility index (Phi) is 4.05. The van der Waals surface area contributed by atoms with Gasteiger partial charge in [-0.15, -0.1) is 0 Å². The van der Waals surface area contributed by atoms with Crippen molar-refractivity contribution in [2.75, 3.05) is 27.1 Å². The van der Waals surface area contributed by atoms with Crippen LogP contribution in [0.4, 0.5) is 4.39 Å². The van der Waals surface area contributed by atoms with Gasteiger partial charge in [-0.05, 0) is 49.9 Å². The van der Waals surface area contributed by atoms with Gasteiger partial charge >= 0.3 is 0 Å². The first kappa shape index (κ1) is 11.0. The third kappa shape index (κ3) is 5.52. The van der Waals surface area contributed by atoms with E-state index < -0.39 is 26.3 Å². The molecule has 0 aliphatic rings. The van der Waals surface area contributed by atoms with E-state index in [0.717, 1.165) is 0 Å². The quantitative estimate of drug-likeness (QED) is 0.479. The molecule has 0 heterocycles. The largest absolute Gasteiger partial charge is 0.508 e. The molecule has 2 rings (SSSR count). The van der Waals surface area contributed by atoms with E-state index in [4.69, 9.17) is 13.1 Å². The van der Waals surface area contributed by atoms with Crippen LogP contribution in [0.2, 0.25) is 0 Å². The zero-order chi connectivity index (χ0) is 22.4. The molecule has 0 unspecified atom stereocenters. The van der Waals surface area contributed by atoms with E-state index in [-0.39, 0.29) is 23.6 Å². The number of phenols is 1. The lowest BCUT2D eigenvalue weighted by Gasteiger charge is -2.08. The van der Waals surface area contributed by atoms with Crippen LogP contribution in [0.25, 0.3) is 6.08 Å². The Balaban J connectivity index is 2.19. The van der Waals surface area contributed by atoms with Gasteiger partial charge in [-0.25, -0.2) is 4.39 Å². The maximum absolute atomic E-state index is 14.2. The second kappa shape index (κ2) is 8.84. The standard InChI is InChI=1S/C19H21FN2O2/c1-22(2)13-14-24-21-19(17-5-3-4-6-18(17)20)12-9-15-7-10-16(23)11-8-15/h3-12,23H,13-14H2,1-2H3/b12-9+,21-19+/i1D3,2D3. The average molecular weight is 334 g/mol. The minimum Gasteiger partial charge on any atom is -0.508 e. The minimum atomic E-state index is -2.83. The Hall–Kier alpha value is -2.66. The minimum absolute atomic E-state index is 0.103. The van der Waals surface area contributed by atoms with Gasteiger partial charge in [0.05, 0.1) is 0 Å². The first-order valence-corrected chi connectivity index (χ1v) is 7.18. The topological polar surface area (TPSA) is 45.1 Å². The number of halogens is 1. The van der Waals surface area contributed by atoms with Crippen molar-refractivity contribution in [1.29, 1.82) is 0 Å². The molecule has 0 aliphatic heterocycles. The second-order valence-electron chi connectivity index (χ2n) is 4.87. The fourth-order valence-electron chi connectivity index (χ4n) is 1.85. The lowest BCUT2D eigenvalue weighted by molar-refractivity contribution is 0.126. The van der Waals surface area contributed by atoms with Crippen LogP contribution in [-0.4, -0.2) is 42.8 Å². The molecule has 0 spiro atoms. The molecule has 0 radical (unpaired) electrons. The molecule has 0 atom stereocenters. The van der Waals surface area contributed by atoms with Gasteiger partial charge in [-0.3, -0.25) is 0 Å². The van der Waals surface area contributed by atoms with Crippen LogP contribution < -0.4 is 0 Å². The summed E-state index contributed by atoms with van der Waals surface area (Å²) in [6, 6.07) is 12.2. The maximum atomic E-state index is 14.2. The summed E-state index contributed by atoms with van der Waals surface area (Å²) in [6.07, 6.45) is 3.13. The third-order valence-corrected chi connectivity index (χ3v) is 3.05. The van der Waals surface area contributed by atoms with E-state index in [1.54, 1.807) is 24.3 Å². The summed E-state index contributed by atoms with van der Waals surface area (Å²) in [7, 11) is 0. The van der Waals surface area contributed by atoms with Crippen LogP contribution in [0.1, 0.15) is 19.4 Å². The molecule has 0 saturated heterocycles. The molecular formula is C19H21FN2O2. The van der Waals surface area contributed by atoms with Crippen molar-refractivity contribution in [2.24, 2.45) is 5.16 Å². The Morgan fingerprint density at radius 2 is 2.00 bits per heavy atom. The number of hydrogen-bond acceptors (Lipinski definition) is 4. The summed E-state index contributed by atoms with van der Waals surface area (Å²) in [5.74, 6) is -0.437. The normalized spacial score (nSPS) is 16.8. The predicted molar refractivity (Wildman–Crippen MR) is 94.6 cm³/mol. The van der Waals surface area contributed by atoms with E-state index in [0.29, 0.717) is 10.5 Å². The highest BCUT2D eigenvalue weighted by Crippen LogP contribution is 2.13. The van der Waals surface area contributed by atoms with Crippen molar-refractivity contribution in [3.8, 4) is 5.75 Å². The zero-order valence-corrected chi connectivity index (χ0v) is 12.8. The summed E-state index contributed by atoms with van der Waals surface area (Å²) in [6.45, 7) is -6.42. The van der Waals surface area contributed by atoms with Crippen LogP contribution in [0.3, 0.4) is 0 Å². The van der Waals surface area contributed by atoms with Crippen molar-refractivity contribution < 1.29 is 22.6 Å². The molecule has 0 bridgehead atoms. The van der Waals surface area contributed by atoms with Crippen LogP contribution >= 0.6 is 0 Å². The zero-order valence-electron chi connectivity index (χ0n) is 18.8. The summed E-state index contributed by atoms with van der Waals surface area (Å²) >= 11 is 0. The molecule has 1 N–H and O–H groups in total. The molecule has 0 saturated carbocycles. The van der Waals surface area contributed by atoms with Crippen LogP contribution in [0.5, 0.6) is 5.75 Å². The van der Waals surface area contributed by atoms with Gasteiger partial charge in [0.1, 0.15) is 23.9 Å². The number of benzene rings is 2. The highest BCUT2D eigenvalue weighted by atomic mass is 19.1. The van der Waals surface area contributed by atoms with Crippen LogP contribution in [0, 0.1) is 5.82 Å². The van der Waals surface area contributed by atoms with Gasteiger partial charge < -0.3 is 14.8 Å². The number of aromatic hydroxyl groups is 1. The summed E-state index contributed by atoms with van der Waals surface area (Å²) in [5.41, 5.74) is 0.985. The van der Waals surface area contributed by atoms with Gasteiger partial charge in [0, 0.05) is 20.3 Å². The van der Waals surface area contributed by atoms with Gasteiger partial charge in [0.2, 0.25) is 0 Å².